The molecule has 1 aromatic carbocycles. The highest BCUT2D eigenvalue weighted by Crippen LogP contribution is 2.32. The zero-order valence-corrected chi connectivity index (χ0v) is 21.2. The summed E-state index contributed by atoms with van der Waals surface area (Å²) >= 11 is 9.49. The van der Waals surface area contributed by atoms with Crippen molar-refractivity contribution in [1.82, 2.24) is 30.0 Å². The molecule has 0 aliphatic heterocycles. The monoisotopic (exact) mass is 512 g/mol. The van der Waals surface area contributed by atoms with E-state index in [-0.39, 0.29) is 5.91 Å². The van der Waals surface area contributed by atoms with Crippen molar-refractivity contribution in [3.05, 3.63) is 69.9 Å². The smallest absolute Gasteiger partial charge is 0.270 e. The molecule has 3 aromatic heterocycles. The minimum atomic E-state index is -0.122. The predicted molar refractivity (Wildman–Crippen MR) is 138 cm³/mol. The number of rotatable bonds is 11. The zero-order valence-electron chi connectivity index (χ0n) is 18.8. The van der Waals surface area contributed by atoms with E-state index in [1.54, 1.807) is 17.8 Å². The van der Waals surface area contributed by atoms with Gasteiger partial charge >= 0.3 is 0 Å². The number of carbonyl (C=O) groups is 1. The summed E-state index contributed by atoms with van der Waals surface area (Å²) in [5, 5.41) is 15.8. The van der Waals surface area contributed by atoms with Gasteiger partial charge in [-0.1, -0.05) is 61.7 Å². The molecule has 0 bridgehead atoms. The van der Waals surface area contributed by atoms with Crippen molar-refractivity contribution in [2.24, 2.45) is 0 Å². The quantitative estimate of drug-likeness (QED) is 0.195. The standard InChI is InChI=1S/C24H25ClN6OS2/c1-2-3-4-7-12-27-23(32)19-15-33-21(28-19)16-34-24-30-29-22(17-10-13-26-14-11-17)31(24)20-9-6-5-8-18(20)25/h5-6,8-11,13-15H,2-4,7,12,16H2,1H3,(H,27,32). The highest BCUT2D eigenvalue weighted by Gasteiger charge is 2.19. The van der Waals surface area contributed by atoms with Crippen molar-refractivity contribution in [2.45, 2.75) is 43.5 Å². The van der Waals surface area contributed by atoms with E-state index in [9.17, 15) is 4.79 Å². The topological polar surface area (TPSA) is 85.6 Å². The van der Waals surface area contributed by atoms with E-state index in [0.717, 1.165) is 29.1 Å². The number of hydrogen-bond acceptors (Lipinski definition) is 7. The molecule has 4 rings (SSSR count). The molecule has 0 aliphatic rings. The zero-order chi connectivity index (χ0) is 23.8. The molecule has 10 heteroatoms. The normalized spacial score (nSPS) is 11.0. The number of nitrogens with zero attached hydrogens (tertiary/aromatic N) is 5. The number of para-hydroxylation sites is 1. The maximum atomic E-state index is 12.4. The molecule has 4 aromatic rings. The van der Waals surface area contributed by atoms with Gasteiger partial charge in [-0.05, 0) is 30.7 Å². The van der Waals surface area contributed by atoms with Crippen LogP contribution < -0.4 is 5.32 Å². The number of halogens is 1. The highest BCUT2D eigenvalue weighted by molar-refractivity contribution is 7.98. The fourth-order valence-electron chi connectivity index (χ4n) is 3.35. The van der Waals surface area contributed by atoms with Crippen molar-refractivity contribution >= 4 is 40.6 Å². The number of nitrogens with one attached hydrogen (secondary N) is 1. The maximum absolute atomic E-state index is 12.4. The third-order valence-corrected chi connectivity index (χ3v) is 7.38. The van der Waals surface area contributed by atoms with E-state index in [1.807, 2.05) is 41.0 Å². The lowest BCUT2D eigenvalue weighted by molar-refractivity contribution is 0.0948. The molecule has 0 fully saturated rings. The first kappa shape index (κ1) is 24.4. The first-order valence-electron chi connectivity index (χ1n) is 11.1. The average molecular weight is 513 g/mol. The van der Waals surface area contributed by atoms with Gasteiger partial charge in [0.05, 0.1) is 16.5 Å². The van der Waals surface area contributed by atoms with Crippen LogP contribution in [0.4, 0.5) is 0 Å². The van der Waals surface area contributed by atoms with Crippen molar-refractivity contribution in [3.63, 3.8) is 0 Å². The van der Waals surface area contributed by atoms with Crippen LogP contribution in [0.2, 0.25) is 5.02 Å². The molecule has 176 valence electrons. The average Bonchev–Trinajstić information content (AvgIpc) is 3.51. The Hall–Kier alpha value is -2.75. The van der Waals surface area contributed by atoms with Crippen LogP contribution in [0.1, 0.15) is 48.1 Å². The number of benzene rings is 1. The predicted octanol–water partition coefficient (Wildman–Crippen LogP) is 6.04. The lowest BCUT2D eigenvalue weighted by Gasteiger charge is -2.11. The SMILES string of the molecule is CCCCCCNC(=O)c1csc(CSc2nnc(-c3ccncc3)n2-c2ccccc2Cl)n1. The number of carbonyl (C=O) groups excluding carboxylic acids is 1. The van der Waals surface area contributed by atoms with Crippen LogP contribution in [-0.2, 0) is 5.75 Å². The van der Waals surface area contributed by atoms with Gasteiger partial charge in [0.2, 0.25) is 0 Å². The molecule has 7 nitrogen and oxygen atoms in total. The highest BCUT2D eigenvalue weighted by atomic mass is 35.5. The van der Waals surface area contributed by atoms with Gasteiger partial charge < -0.3 is 5.32 Å². The van der Waals surface area contributed by atoms with E-state index >= 15 is 0 Å². The molecule has 1 amide bonds. The Morgan fingerprint density at radius 3 is 2.74 bits per heavy atom. The summed E-state index contributed by atoms with van der Waals surface area (Å²) in [6.45, 7) is 2.85. The fraction of sp³-hybridized carbons (Fsp3) is 0.292. The molecular weight excluding hydrogens is 488 g/mol. The molecule has 0 saturated heterocycles. The van der Waals surface area contributed by atoms with Crippen LogP contribution in [0.3, 0.4) is 0 Å². The van der Waals surface area contributed by atoms with Gasteiger partial charge in [0, 0.05) is 29.9 Å². The number of unbranched alkanes of at least 4 members (excludes halogenated alkanes) is 3. The Morgan fingerprint density at radius 1 is 1.12 bits per heavy atom. The third-order valence-electron chi connectivity index (χ3n) is 5.09. The third kappa shape index (κ3) is 6.02. The largest absolute Gasteiger partial charge is 0.351 e. The maximum Gasteiger partial charge on any atom is 0.270 e. The Morgan fingerprint density at radius 2 is 1.94 bits per heavy atom. The molecule has 0 unspecified atom stereocenters. The summed E-state index contributed by atoms with van der Waals surface area (Å²) in [6.07, 6.45) is 7.93. The van der Waals surface area contributed by atoms with Crippen molar-refractivity contribution in [1.29, 1.82) is 0 Å². The van der Waals surface area contributed by atoms with E-state index < -0.39 is 0 Å². The molecule has 0 radical (unpaired) electrons. The molecule has 0 atom stereocenters. The Balaban J connectivity index is 1.48. The summed E-state index contributed by atoms with van der Waals surface area (Å²) in [7, 11) is 0. The number of thioether (sulfide) groups is 1. The first-order chi connectivity index (χ1) is 16.7. The molecule has 0 saturated carbocycles. The second-order valence-electron chi connectivity index (χ2n) is 7.56. The molecule has 0 spiro atoms. The summed E-state index contributed by atoms with van der Waals surface area (Å²) < 4.78 is 1.94. The van der Waals surface area contributed by atoms with Crippen LogP contribution in [0.5, 0.6) is 0 Å². The lowest BCUT2D eigenvalue weighted by atomic mass is 10.2. The molecule has 3 heterocycles. The summed E-state index contributed by atoms with van der Waals surface area (Å²) in [5.74, 6) is 1.12. The molecular formula is C24H25ClN6OS2. The lowest BCUT2D eigenvalue weighted by Crippen LogP contribution is -2.24. The van der Waals surface area contributed by atoms with Crippen LogP contribution in [-0.4, -0.2) is 37.2 Å². The van der Waals surface area contributed by atoms with Gasteiger partial charge in [0.15, 0.2) is 11.0 Å². The van der Waals surface area contributed by atoms with Gasteiger partial charge in [-0.15, -0.1) is 21.5 Å². The van der Waals surface area contributed by atoms with E-state index in [0.29, 0.717) is 34.0 Å². The first-order valence-corrected chi connectivity index (χ1v) is 13.4. The summed E-state index contributed by atoms with van der Waals surface area (Å²) in [4.78, 5) is 21.0. The van der Waals surface area contributed by atoms with Crippen molar-refractivity contribution in [2.75, 3.05) is 6.54 Å². The molecule has 0 aliphatic carbocycles. The van der Waals surface area contributed by atoms with Crippen LogP contribution in [0.25, 0.3) is 17.1 Å². The number of hydrogen-bond donors (Lipinski definition) is 1. The van der Waals surface area contributed by atoms with Gasteiger partial charge in [0.25, 0.3) is 5.91 Å². The second kappa shape index (κ2) is 12.1. The second-order valence-corrected chi connectivity index (χ2v) is 9.85. The van der Waals surface area contributed by atoms with Gasteiger partial charge in [-0.25, -0.2) is 4.98 Å². The minimum absolute atomic E-state index is 0.122. The number of aromatic nitrogens is 5. The Kier molecular flexibility index (Phi) is 8.67. The van der Waals surface area contributed by atoms with Crippen LogP contribution in [0, 0.1) is 0 Å². The van der Waals surface area contributed by atoms with Gasteiger partial charge in [-0.3, -0.25) is 14.3 Å². The Labute approximate surface area is 212 Å². The number of pyridine rings is 1. The number of amides is 1. The molecule has 34 heavy (non-hydrogen) atoms. The van der Waals surface area contributed by atoms with Crippen LogP contribution in [0.15, 0.2) is 59.3 Å². The molecule has 1 N–H and O–H groups in total. The summed E-state index contributed by atoms with van der Waals surface area (Å²) in [6, 6.07) is 11.4. The number of thiazole rings is 1. The van der Waals surface area contributed by atoms with Crippen molar-refractivity contribution < 1.29 is 4.79 Å². The fourth-order valence-corrected chi connectivity index (χ4v) is 5.31. The van der Waals surface area contributed by atoms with Crippen molar-refractivity contribution in [3.8, 4) is 17.1 Å². The van der Waals surface area contributed by atoms with Crippen LogP contribution >= 0.6 is 34.7 Å². The summed E-state index contributed by atoms with van der Waals surface area (Å²) in [5.41, 5.74) is 2.15. The minimum Gasteiger partial charge on any atom is -0.351 e. The van der Waals surface area contributed by atoms with Gasteiger partial charge in [-0.2, -0.15) is 0 Å². The van der Waals surface area contributed by atoms with E-state index in [4.69, 9.17) is 11.6 Å². The van der Waals surface area contributed by atoms with E-state index in [2.05, 4.69) is 32.4 Å². The Bertz CT molecular complexity index is 1230. The van der Waals surface area contributed by atoms with Gasteiger partial charge in [0.1, 0.15) is 10.7 Å². The van der Waals surface area contributed by atoms with E-state index in [1.165, 1.54) is 35.9 Å².